The highest BCUT2D eigenvalue weighted by molar-refractivity contribution is 5.19. The molecule has 0 spiro atoms. The van der Waals surface area contributed by atoms with Gasteiger partial charge < -0.3 is 0 Å². The summed E-state index contributed by atoms with van der Waals surface area (Å²) < 4.78 is 1.89. The first kappa shape index (κ1) is 9.15. The smallest absolute Gasteiger partial charge is 0.197 e. The summed E-state index contributed by atoms with van der Waals surface area (Å²) in [5.41, 5.74) is 0.956. The van der Waals surface area contributed by atoms with Crippen LogP contribution in [0.3, 0.4) is 0 Å². The minimum atomic E-state index is 0.420. The largest absolute Gasteiger partial charge is 0.204 e. The average molecular weight is 138 g/mol. The van der Waals surface area contributed by atoms with Crippen molar-refractivity contribution >= 4 is 6.72 Å². The van der Waals surface area contributed by atoms with Crippen molar-refractivity contribution in [1.29, 1.82) is 0 Å². The molecule has 0 N–H and O–H groups in total. The van der Waals surface area contributed by atoms with Crippen LogP contribution in [0.2, 0.25) is 0 Å². The Morgan fingerprint density at radius 3 is 2.30 bits per heavy atom. The van der Waals surface area contributed by atoms with E-state index in [1.807, 2.05) is 23.7 Å². The van der Waals surface area contributed by atoms with Gasteiger partial charge in [0.25, 0.3) is 0 Å². The molecule has 56 valence electrons. The van der Waals surface area contributed by atoms with Gasteiger partial charge in [0.2, 0.25) is 0 Å². The third-order valence-corrected chi connectivity index (χ3v) is 1.35. The molecule has 0 saturated heterocycles. The molecule has 0 aliphatic heterocycles. The molecule has 0 saturated carbocycles. The van der Waals surface area contributed by atoms with Crippen LogP contribution < -0.4 is 0 Å². The van der Waals surface area contributed by atoms with Gasteiger partial charge in [-0.1, -0.05) is 6.08 Å². The summed E-state index contributed by atoms with van der Waals surface area (Å²) in [6, 6.07) is 0.420. The van der Waals surface area contributed by atoms with Crippen molar-refractivity contribution in [1.82, 2.24) is 0 Å². The molecule has 0 heterocycles. The van der Waals surface area contributed by atoms with Crippen LogP contribution in [-0.2, 0) is 0 Å². The van der Waals surface area contributed by atoms with Crippen molar-refractivity contribution in [2.45, 2.75) is 26.8 Å². The Kier molecular flexibility index (Phi) is 3.70. The second kappa shape index (κ2) is 4.04. The van der Waals surface area contributed by atoms with Gasteiger partial charge in [0.05, 0.1) is 0 Å². The van der Waals surface area contributed by atoms with E-state index in [-0.39, 0.29) is 0 Å². The number of hydrogen-bond acceptors (Lipinski definition) is 0. The summed E-state index contributed by atoms with van der Waals surface area (Å²) in [5.74, 6) is 0. The number of allylic oxidation sites excluding steroid dienone is 2. The third-order valence-electron chi connectivity index (χ3n) is 1.35. The Hall–Kier alpha value is -0.850. The van der Waals surface area contributed by atoms with Crippen LogP contribution in [0.15, 0.2) is 24.4 Å². The monoisotopic (exact) mass is 138 g/mol. The van der Waals surface area contributed by atoms with Crippen molar-refractivity contribution in [3.05, 3.63) is 24.4 Å². The molecule has 1 nitrogen and oxygen atoms in total. The first-order chi connectivity index (χ1) is 4.59. The normalized spacial score (nSPS) is 10.8. The first-order valence-electron chi connectivity index (χ1n) is 3.51. The quantitative estimate of drug-likeness (QED) is 0.319. The fourth-order valence-electron chi connectivity index (χ4n) is 0.620. The molecule has 1 heteroatoms. The lowest BCUT2D eigenvalue weighted by Gasteiger charge is -2.02. The standard InChI is InChI=1S/C9H16N/c1-6-7-9(4)10(5)8(2)3/h6-8H,4-5H2,1-3H3/q+1/b7-6-. The number of nitrogens with zero attached hydrogens (tertiary/aromatic N) is 1. The minimum Gasteiger partial charge on any atom is -0.204 e. The molecular weight excluding hydrogens is 122 g/mol. The Labute approximate surface area is 63.4 Å². The third kappa shape index (κ3) is 2.62. The van der Waals surface area contributed by atoms with E-state index in [9.17, 15) is 0 Å². The number of hydrogen-bond donors (Lipinski definition) is 0. The van der Waals surface area contributed by atoms with E-state index < -0.39 is 0 Å². The fraction of sp³-hybridized carbons (Fsp3) is 0.444. The molecule has 0 bridgehead atoms. The van der Waals surface area contributed by atoms with Crippen LogP contribution in [0.25, 0.3) is 0 Å². The maximum atomic E-state index is 3.84. The van der Waals surface area contributed by atoms with E-state index in [4.69, 9.17) is 0 Å². The molecule has 0 unspecified atom stereocenters. The second-order valence-electron chi connectivity index (χ2n) is 2.55. The van der Waals surface area contributed by atoms with Gasteiger partial charge in [0.15, 0.2) is 11.7 Å². The first-order valence-corrected chi connectivity index (χ1v) is 3.51. The lowest BCUT2D eigenvalue weighted by molar-refractivity contribution is -0.496. The Morgan fingerprint density at radius 2 is 2.00 bits per heavy atom. The van der Waals surface area contributed by atoms with Gasteiger partial charge in [0, 0.05) is 6.08 Å². The predicted octanol–water partition coefficient (Wildman–Crippen LogP) is 2.20. The molecular formula is C9H16N+. The lowest BCUT2D eigenvalue weighted by Crippen LogP contribution is -2.15. The van der Waals surface area contributed by atoms with Crippen molar-refractivity contribution in [2.24, 2.45) is 0 Å². The molecule has 0 atom stereocenters. The average Bonchev–Trinajstić information content (AvgIpc) is 1.87. The van der Waals surface area contributed by atoms with E-state index >= 15 is 0 Å². The van der Waals surface area contributed by atoms with Crippen LogP contribution in [0, 0.1) is 0 Å². The number of rotatable bonds is 3. The van der Waals surface area contributed by atoms with Crippen LogP contribution in [0.4, 0.5) is 0 Å². The molecule has 10 heavy (non-hydrogen) atoms. The summed E-state index contributed by atoms with van der Waals surface area (Å²) in [4.78, 5) is 0. The van der Waals surface area contributed by atoms with Gasteiger partial charge >= 0.3 is 0 Å². The highest BCUT2D eigenvalue weighted by Crippen LogP contribution is 1.98. The molecule has 0 amide bonds. The van der Waals surface area contributed by atoms with Crippen molar-refractivity contribution in [3.63, 3.8) is 0 Å². The molecule has 0 aromatic heterocycles. The highest BCUT2D eigenvalue weighted by Gasteiger charge is 2.07. The fourth-order valence-corrected chi connectivity index (χ4v) is 0.620. The lowest BCUT2D eigenvalue weighted by atomic mass is 10.3. The van der Waals surface area contributed by atoms with Crippen LogP contribution >= 0.6 is 0 Å². The maximum Gasteiger partial charge on any atom is 0.197 e. The molecule has 0 fully saturated rings. The summed E-state index contributed by atoms with van der Waals surface area (Å²) in [5, 5.41) is 0. The van der Waals surface area contributed by atoms with E-state index in [2.05, 4.69) is 27.1 Å². The molecule has 0 aromatic rings. The van der Waals surface area contributed by atoms with Crippen molar-refractivity contribution in [3.8, 4) is 0 Å². The molecule has 0 aromatic carbocycles. The Bertz CT molecular complexity index is 164. The van der Waals surface area contributed by atoms with E-state index in [0.29, 0.717) is 6.04 Å². The summed E-state index contributed by atoms with van der Waals surface area (Å²) in [7, 11) is 0. The van der Waals surface area contributed by atoms with E-state index in [1.54, 1.807) is 0 Å². The molecule has 0 aliphatic carbocycles. The van der Waals surface area contributed by atoms with Gasteiger partial charge in [-0.15, -0.1) is 0 Å². The van der Waals surface area contributed by atoms with Gasteiger partial charge in [-0.05, 0) is 27.4 Å². The van der Waals surface area contributed by atoms with Crippen molar-refractivity contribution < 1.29 is 4.58 Å². The highest BCUT2D eigenvalue weighted by atomic mass is 15.0. The topological polar surface area (TPSA) is 3.01 Å². The van der Waals surface area contributed by atoms with E-state index in [1.165, 1.54) is 0 Å². The maximum absolute atomic E-state index is 3.84. The van der Waals surface area contributed by atoms with Gasteiger partial charge in [-0.2, -0.15) is 0 Å². The molecule has 0 radical (unpaired) electrons. The van der Waals surface area contributed by atoms with Gasteiger partial charge in [0.1, 0.15) is 6.72 Å². The predicted molar refractivity (Wildman–Crippen MR) is 46.5 cm³/mol. The summed E-state index contributed by atoms with van der Waals surface area (Å²) >= 11 is 0. The SMILES string of the molecule is C=C(/C=C\C)[N+](=C)C(C)C. The van der Waals surface area contributed by atoms with Crippen LogP contribution in [0.5, 0.6) is 0 Å². The van der Waals surface area contributed by atoms with Crippen molar-refractivity contribution in [2.75, 3.05) is 0 Å². The van der Waals surface area contributed by atoms with Gasteiger partial charge in [-0.25, -0.2) is 4.58 Å². The zero-order chi connectivity index (χ0) is 8.15. The summed E-state index contributed by atoms with van der Waals surface area (Å²) in [6.07, 6.45) is 3.91. The van der Waals surface area contributed by atoms with Crippen LogP contribution in [-0.4, -0.2) is 17.3 Å². The molecule has 0 aliphatic rings. The van der Waals surface area contributed by atoms with E-state index in [0.717, 1.165) is 5.70 Å². The summed E-state index contributed by atoms with van der Waals surface area (Å²) in [6.45, 7) is 13.8. The Balaban J connectivity index is 4.09. The van der Waals surface area contributed by atoms with Gasteiger partial charge in [-0.3, -0.25) is 0 Å². The zero-order valence-electron chi connectivity index (χ0n) is 7.09. The van der Waals surface area contributed by atoms with Crippen LogP contribution in [0.1, 0.15) is 20.8 Å². The zero-order valence-corrected chi connectivity index (χ0v) is 7.09. The Morgan fingerprint density at radius 1 is 1.50 bits per heavy atom. The minimum absolute atomic E-state index is 0.420. The second-order valence-corrected chi connectivity index (χ2v) is 2.55. The molecule has 0 rings (SSSR count).